The Morgan fingerprint density at radius 3 is 2.38 bits per heavy atom. The molecule has 148 valence electrons. The van der Waals surface area contributed by atoms with Gasteiger partial charge in [-0.15, -0.1) is 0 Å². The van der Waals surface area contributed by atoms with Gasteiger partial charge in [0.05, 0.1) is 11.1 Å². The number of sulfonamides is 1. The molecule has 0 aliphatic carbocycles. The number of hydrogen-bond donors (Lipinski definition) is 3. The fourth-order valence-electron chi connectivity index (χ4n) is 2.36. The van der Waals surface area contributed by atoms with Gasteiger partial charge in [0.2, 0.25) is 0 Å². The molecule has 0 saturated carbocycles. The number of nitrogens with one attached hydrogen (secondary N) is 2. The number of phenolic OH excluding ortho intramolecular Hbond substituents is 1. The van der Waals surface area contributed by atoms with Crippen LogP contribution < -0.4 is 10.1 Å². The van der Waals surface area contributed by atoms with E-state index in [9.17, 15) is 18.3 Å². The molecule has 0 spiro atoms. The number of benzene rings is 3. The number of rotatable bonds is 6. The molecule has 29 heavy (non-hydrogen) atoms. The van der Waals surface area contributed by atoms with E-state index in [1.165, 1.54) is 48.7 Å². The Balaban J connectivity index is 1.64. The van der Waals surface area contributed by atoms with Crippen molar-refractivity contribution in [2.24, 2.45) is 5.10 Å². The largest absolute Gasteiger partial charge is 0.507 e. The van der Waals surface area contributed by atoms with Gasteiger partial charge in [-0.2, -0.15) is 5.10 Å². The Bertz CT molecular complexity index is 1150. The summed E-state index contributed by atoms with van der Waals surface area (Å²) in [6.07, 6.45) is 1.32. The summed E-state index contributed by atoms with van der Waals surface area (Å²) < 4.78 is 27.8. The van der Waals surface area contributed by atoms with E-state index in [0.29, 0.717) is 16.8 Å². The zero-order valence-corrected chi connectivity index (χ0v) is 17.3. The molecule has 0 atom stereocenters. The van der Waals surface area contributed by atoms with Gasteiger partial charge in [-0.3, -0.25) is 9.52 Å². The van der Waals surface area contributed by atoms with Crippen molar-refractivity contribution in [3.05, 3.63) is 88.4 Å². The van der Waals surface area contributed by atoms with Crippen LogP contribution in [0.15, 0.2) is 87.3 Å². The van der Waals surface area contributed by atoms with Gasteiger partial charge >= 0.3 is 0 Å². The first-order valence-corrected chi connectivity index (χ1v) is 10.6. The van der Waals surface area contributed by atoms with Crippen molar-refractivity contribution < 1.29 is 18.3 Å². The normalized spacial score (nSPS) is 11.3. The molecule has 3 rings (SSSR count). The van der Waals surface area contributed by atoms with Gasteiger partial charge < -0.3 is 5.11 Å². The molecule has 0 radical (unpaired) electrons. The van der Waals surface area contributed by atoms with Crippen LogP contribution in [0.3, 0.4) is 0 Å². The first-order chi connectivity index (χ1) is 13.8. The zero-order chi connectivity index (χ0) is 20.9. The third kappa shape index (κ3) is 5.43. The molecule has 0 aliphatic rings. The molecule has 3 N–H and O–H groups in total. The average molecular weight is 474 g/mol. The van der Waals surface area contributed by atoms with Crippen LogP contribution in [-0.4, -0.2) is 25.6 Å². The highest BCUT2D eigenvalue weighted by Gasteiger charge is 2.13. The van der Waals surface area contributed by atoms with Crippen LogP contribution in [0, 0.1) is 0 Å². The van der Waals surface area contributed by atoms with Crippen LogP contribution in [0.2, 0.25) is 0 Å². The Morgan fingerprint density at radius 1 is 1.00 bits per heavy atom. The van der Waals surface area contributed by atoms with Gasteiger partial charge in [-0.1, -0.05) is 34.1 Å². The second kappa shape index (κ2) is 8.89. The molecule has 0 bridgehead atoms. The Kier molecular flexibility index (Phi) is 6.30. The fourth-order valence-corrected chi connectivity index (χ4v) is 3.82. The summed E-state index contributed by atoms with van der Waals surface area (Å²) in [5.41, 5.74) is 3.41. The van der Waals surface area contributed by atoms with E-state index in [-0.39, 0.29) is 10.6 Å². The maximum absolute atomic E-state index is 12.3. The van der Waals surface area contributed by atoms with E-state index < -0.39 is 15.9 Å². The average Bonchev–Trinajstić information content (AvgIpc) is 2.71. The summed E-state index contributed by atoms with van der Waals surface area (Å²) in [5.74, 6) is -0.450. The lowest BCUT2D eigenvalue weighted by molar-refractivity contribution is 0.0955. The van der Waals surface area contributed by atoms with Crippen LogP contribution in [-0.2, 0) is 10.0 Å². The van der Waals surface area contributed by atoms with Crippen LogP contribution >= 0.6 is 15.9 Å². The van der Waals surface area contributed by atoms with Gasteiger partial charge in [-0.25, -0.2) is 13.8 Å². The molecule has 9 heteroatoms. The lowest BCUT2D eigenvalue weighted by atomic mass is 10.2. The van der Waals surface area contributed by atoms with Gasteiger partial charge in [0, 0.05) is 21.3 Å². The first kappa shape index (κ1) is 20.6. The summed E-state index contributed by atoms with van der Waals surface area (Å²) >= 11 is 3.29. The van der Waals surface area contributed by atoms with Crippen molar-refractivity contribution in [1.29, 1.82) is 0 Å². The number of hydrazone groups is 1. The maximum atomic E-state index is 12.3. The molecule has 0 unspecified atom stereocenters. The second-order valence-corrected chi connectivity index (χ2v) is 8.50. The van der Waals surface area contributed by atoms with Crippen LogP contribution in [0.4, 0.5) is 5.69 Å². The number of amides is 1. The van der Waals surface area contributed by atoms with Gasteiger partial charge in [0.1, 0.15) is 5.75 Å². The van der Waals surface area contributed by atoms with E-state index in [0.717, 1.165) is 4.47 Å². The number of nitrogens with zero attached hydrogens (tertiary/aromatic N) is 1. The van der Waals surface area contributed by atoms with Crippen LogP contribution in [0.25, 0.3) is 0 Å². The SMILES string of the molecule is O=C(N/N=C\c1cc(Br)ccc1O)c1ccc(NS(=O)(=O)c2ccccc2)cc1. The van der Waals surface area contributed by atoms with E-state index in [4.69, 9.17) is 0 Å². The minimum atomic E-state index is -3.70. The highest BCUT2D eigenvalue weighted by Crippen LogP contribution is 2.20. The summed E-state index contributed by atoms with van der Waals surface area (Å²) in [4.78, 5) is 12.3. The third-order valence-electron chi connectivity index (χ3n) is 3.81. The Labute approximate surface area is 176 Å². The summed E-state index contributed by atoms with van der Waals surface area (Å²) in [6.45, 7) is 0. The summed E-state index contributed by atoms with van der Waals surface area (Å²) in [7, 11) is -3.70. The molecule has 3 aromatic rings. The molecule has 0 fully saturated rings. The van der Waals surface area contributed by atoms with Gasteiger partial charge in [0.25, 0.3) is 15.9 Å². The second-order valence-electron chi connectivity index (χ2n) is 5.90. The Morgan fingerprint density at radius 2 is 1.69 bits per heavy atom. The maximum Gasteiger partial charge on any atom is 0.271 e. The molecule has 3 aromatic carbocycles. The minimum Gasteiger partial charge on any atom is -0.507 e. The van der Waals surface area contributed by atoms with Crippen molar-refractivity contribution in [3.63, 3.8) is 0 Å². The number of phenols is 1. The highest BCUT2D eigenvalue weighted by molar-refractivity contribution is 9.10. The summed E-state index contributed by atoms with van der Waals surface area (Å²) in [6, 6.07) is 18.7. The van der Waals surface area contributed by atoms with E-state index in [1.54, 1.807) is 30.3 Å². The number of carbonyl (C=O) groups excluding carboxylic acids is 1. The molecule has 0 aliphatic heterocycles. The number of carbonyl (C=O) groups is 1. The molecular formula is C20H16BrN3O4S. The van der Waals surface area contributed by atoms with Crippen molar-refractivity contribution in [1.82, 2.24) is 5.43 Å². The highest BCUT2D eigenvalue weighted by atomic mass is 79.9. The smallest absolute Gasteiger partial charge is 0.271 e. The third-order valence-corrected chi connectivity index (χ3v) is 5.70. The molecule has 0 aromatic heterocycles. The number of hydrogen-bond acceptors (Lipinski definition) is 5. The predicted molar refractivity (Wildman–Crippen MR) is 115 cm³/mol. The predicted octanol–water partition coefficient (Wildman–Crippen LogP) is 3.72. The lowest BCUT2D eigenvalue weighted by Crippen LogP contribution is -2.18. The molecule has 1 amide bonds. The number of aromatic hydroxyl groups is 1. The molecule has 7 nitrogen and oxygen atoms in total. The molecular weight excluding hydrogens is 458 g/mol. The number of halogens is 1. The molecule has 0 heterocycles. The minimum absolute atomic E-state index is 0.0289. The topological polar surface area (TPSA) is 108 Å². The fraction of sp³-hybridized carbons (Fsp3) is 0. The standard InChI is InChI=1S/C20H16BrN3O4S/c21-16-8-11-19(25)15(12-16)13-22-23-20(26)14-6-9-17(10-7-14)24-29(27,28)18-4-2-1-3-5-18/h1-13,24-25H,(H,23,26)/b22-13-. The van der Waals surface area contributed by atoms with Crippen LogP contribution in [0.5, 0.6) is 5.75 Å². The zero-order valence-electron chi connectivity index (χ0n) is 14.9. The van der Waals surface area contributed by atoms with Crippen molar-refractivity contribution in [2.45, 2.75) is 4.90 Å². The van der Waals surface area contributed by atoms with Crippen molar-refractivity contribution in [2.75, 3.05) is 4.72 Å². The number of anilines is 1. The first-order valence-electron chi connectivity index (χ1n) is 8.35. The Hall–Kier alpha value is -3.17. The van der Waals surface area contributed by atoms with E-state index in [1.807, 2.05) is 0 Å². The lowest BCUT2D eigenvalue weighted by Gasteiger charge is -2.08. The van der Waals surface area contributed by atoms with E-state index >= 15 is 0 Å². The van der Waals surface area contributed by atoms with E-state index in [2.05, 4.69) is 31.2 Å². The van der Waals surface area contributed by atoms with Crippen LogP contribution in [0.1, 0.15) is 15.9 Å². The van der Waals surface area contributed by atoms with Gasteiger partial charge in [-0.05, 0) is 54.6 Å². The van der Waals surface area contributed by atoms with Crippen molar-refractivity contribution >= 4 is 43.8 Å². The molecule has 0 saturated heterocycles. The van der Waals surface area contributed by atoms with Gasteiger partial charge in [0.15, 0.2) is 0 Å². The van der Waals surface area contributed by atoms with Crippen molar-refractivity contribution in [3.8, 4) is 5.75 Å². The quantitative estimate of drug-likeness (QED) is 0.374. The summed E-state index contributed by atoms with van der Waals surface area (Å²) in [5, 5.41) is 13.6. The monoisotopic (exact) mass is 473 g/mol.